The average Bonchev–Trinajstić information content (AvgIpc) is 3.28. The first-order chi connectivity index (χ1) is 10.9. The number of hydrogen-bond donors (Lipinski definition) is 1. The van der Waals surface area contributed by atoms with Crippen molar-refractivity contribution in [1.82, 2.24) is 24.1 Å². The van der Waals surface area contributed by atoms with Gasteiger partial charge in [-0.25, -0.2) is 9.97 Å². The molecule has 5 heteroatoms. The van der Waals surface area contributed by atoms with Crippen LogP contribution in [0.3, 0.4) is 0 Å². The summed E-state index contributed by atoms with van der Waals surface area (Å²) in [5.41, 5.74) is 1.29. The van der Waals surface area contributed by atoms with Crippen molar-refractivity contribution in [1.29, 1.82) is 0 Å². The van der Waals surface area contributed by atoms with Gasteiger partial charge >= 0.3 is 0 Å². The zero-order chi connectivity index (χ0) is 14.8. The van der Waals surface area contributed by atoms with Crippen LogP contribution in [-0.2, 0) is 13.1 Å². The van der Waals surface area contributed by atoms with Crippen molar-refractivity contribution in [3.63, 3.8) is 0 Å². The average molecular weight is 291 g/mol. The Balaban J connectivity index is 1.47. The van der Waals surface area contributed by atoms with Gasteiger partial charge in [-0.1, -0.05) is 18.2 Å². The number of aromatic nitrogens is 5. The van der Waals surface area contributed by atoms with E-state index in [1.807, 2.05) is 18.6 Å². The zero-order valence-corrected chi connectivity index (χ0v) is 12.2. The standard InChI is InChI=1S/C17H17N5/c1-2-5-15-14(4-1)6-12-21(15)10-3-11-22-13-9-20-17(22)16-18-7-8-19-16/h1-2,4-9,12-13H,3,10-11H2,(H,18,19). The lowest BCUT2D eigenvalue weighted by molar-refractivity contribution is 0.576. The first-order valence-corrected chi connectivity index (χ1v) is 7.46. The minimum atomic E-state index is 0.816. The number of aryl methyl sites for hydroxylation is 2. The number of fused-ring (bicyclic) bond motifs is 1. The van der Waals surface area contributed by atoms with Crippen LogP contribution in [0.15, 0.2) is 61.3 Å². The van der Waals surface area contributed by atoms with Crippen LogP contribution in [-0.4, -0.2) is 24.1 Å². The molecule has 5 nitrogen and oxygen atoms in total. The van der Waals surface area contributed by atoms with E-state index < -0.39 is 0 Å². The van der Waals surface area contributed by atoms with Crippen LogP contribution in [0, 0.1) is 0 Å². The summed E-state index contributed by atoms with van der Waals surface area (Å²) in [6, 6.07) is 10.6. The first kappa shape index (κ1) is 12.9. The summed E-state index contributed by atoms with van der Waals surface area (Å²) < 4.78 is 4.45. The number of hydrogen-bond acceptors (Lipinski definition) is 2. The number of aromatic amines is 1. The molecule has 0 saturated heterocycles. The maximum atomic E-state index is 4.39. The smallest absolute Gasteiger partial charge is 0.176 e. The number of nitrogens with one attached hydrogen (secondary N) is 1. The molecule has 0 radical (unpaired) electrons. The molecular weight excluding hydrogens is 274 g/mol. The quantitative estimate of drug-likeness (QED) is 0.613. The van der Waals surface area contributed by atoms with Gasteiger partial charge in [-0.2, -0.15) is 0 Å². The predicted octanol–water partition coefficient (Wildman–Crippen LogP) is 3.32. The van der Waals surface area contributed by atoms with Crippen molar-refractivity contribution in [3.8, 4) is 11.6 Å². The SMILES string of the molecule is c1ccc2c(c1)ccn2CCCn1ccnc1-c1ncc[nH]1. The Hall–Kier alpha value is -2.82. The Morgan fingerprint density at radius 1 is 0.909 bits per heavy atom. The second-order valence-electron chi connectivity index (χ2n) is 5.30. The lowest BCUT2D eigenvalue weighted by atomic mass is 10.2. The van der Waals surface area contributed by atoms with E-state index in [2.05, 4.69) is 60.6 Å². The minimum absolute atomic E-state index is 0.816. The highest BCUT2D eigenvalue weighted by Crippen LogP contribution is 2.16. The third-order valence-corrected chi connectivity index (χ3v) is 3.90. The van der Waals surface area contributed by atoms with Gasteiger partial charge in [0.15, 0.2) is 11.6 Å². The minimum Gasteiger partial charge on any atom is -0.347 e. The number of imidazole rings is 2. The molecule has 0 aliphatic rings. The molecule has 0 bridgehead atoms. The molecule has 4 aromatic rings. The highest BCUT2D eigenvalue weighted by Gasteiger charge is 2.07. The highest BCUT2D eigenvalue weighted by atomic mass is 15.1. The van der Waals surface area contributed by atoms with E-state index in [4.69, 9.17) is 0 Å². The van der Waals surface area contributed by atoms with E-state index in [0.717, 1.165) is 31.2 Å². The molecule has 0 amide bonds. The third-order valence-electron chi connectivity index (χ3n) is 3.90. The van der Waals surface area contributed by atoms with Gasteiger partial charge in [0, 0.05) is 49.6 Å². The molecule has 3 aromatic heterocycles. The number of H-pyrrole nitrogens is 1. The van der Waals surface area contributed by atoms with Gasteiger partial charge < -0.3 is 14.1 Å². The molecule has 3 heterocycles. The Labute approximate surface area is 128 Å². The summed E-state index contributed by atoms with van der Waals surface area (Å²) in [5, 5.41) is 1.29. The van der Waals surface area contributed by atoms with Crippen LogP contribution in [0.5, 0.6) is 0 Å². The lowest BCUT2D eigenvalue weighted by Crippen LogP contribution is -2.04. The molecule has 110 valence electrons. The molecule has 22 heavy (non-hydrogen) atoms. The predicted molar refractivity (Wildman–Crippen MR) is 86.4 cm³/mol. The number of rotatable bonds is 5. The lowest BCUT2D eigenvalue weighted by Gasteiger charge is -2.08. The summed E-state index contributed by atoms with van der Waals surface area (Å²) >= 11 is 0. The maximum absolute atomic E-state index is 4.39. The van der Waals surface area contributed by atoms with E-state index in [0.29, 0.717) is 0 Å². The molecule has 0 unspecified atom stereocenters. The topological polar surface area (TPSA) is 51.4 Å². The van der Waals surface area contributed by atoms with Crippen LogP contribution < -0.4 is 0 Å². The molecule has 1 N–H and O–H groups in total. The van der Waals surface area contributed by atoms with Gasteiger partial charge in [0.25, 0.3) is 0 Å². The van der Waals surface area contributed by atoms with Crippen molar-refractivity contribution in [2.24, 2.45) is 0 Å². The largest absolute Gasteiger partial charge is 0.347 e. The van der Waals surface area contributed by atoms with E-state index >= 15 is 0 Å². The van der Waals surface area contributed by atoms with Crippen LogP contribution in [0.1, 0.15) is 6.42 Å². The maximum Gasteiger partial charge on any atom is 0.176 e. The zero-order valence-electron chi connectivity index (χ0n) is 12.2. The molecule has 0 atom stereocenters. The monoisotopic (exact) mass is 291 g/mol. The number of para-hydroxylation sites is 1. The number of benzene rings is 1. The molecule has 1 aromatic carbocycles. The van der Waals surface area contributed by atoms with Crippen LogP contribution >= 0.6 is 0 Å². The van der Waals surface area contributed by atoms with Crippen molar-refractivity contribution in [3.05, 3.63) is 61.3 Å². The second-order valence-corrected chi connectivity index (χ2v) is 5.30. The molecule has 0 spiro atoms. The second kappa shape index (κ2) is 5.52. The van der Waals surface area contributed by atoms with Gasteiger partial charge in [-0.05, 0) is 23.9 Å². The van der Waals surface area contributed by atoms with Crippen LogP contribution in [0.4, 0.5) is 0 Å². The molecular formula is C17H17N5. The van der Waals surface area contributed by atoms with Crippen molar-refractivity contribution >= 4 is 10.9 Å². The van der Waals surface area contributed by atoms with Gasteiger partial charge in [0.05, 0.1) is 0 Å². The van der Waals surface area contributed by atoms with E-state index in [1.54, 1.807) is 6.20 Å². The normalized spacial score (nSPS) is 11.3. The fraction of sp³-hybridized carbons (Fsp3) is 0.176. The van der Waals surface area contributed by atoms with Crippen LogP contribution in [0.2, 0.25) is 0 Å². The van der Waals surface area contributed by atoms with Crippen molar-refractivity contribution < 1.29 is 0 Å². The summed E-state index contributed by atoms with van der Waals surface area (Å²) in [6.45, 7) is 1.91. The number of nitrogens with zero attached hydrogens (tertiary/aromatic N) is 4. The fourth-order valence-corrected chi connectivity index (χ4v) is 2.84. The molecule has 0 saturated carbocycles. The Morgan fingerprint density at radius 3 is 2.73 bits per heavy atom. The Bertz CT molecular complexity index is 869. The molecule has 0 aliphatic carbocycles. The molecule has 0 fully saturated rings. The third kappa shape index (κ3) is 2.30. The Kier molecular flexibility index (Phi) is 3.23. The van der Waals surface area contributed by atoms with E-state index in [1.165, 1.54) is 10.9 Å². The van der Waals surface area contributed by atoms with Crippen molar-refractivity contribution in [2.75, 3.05) is 0 Å². The van der Waals surface area contributed by atoms with Gasteiger partial charge in [-0.3, -0.25) is 0 Å². The van der Waals surface area contributed by atoms with Crippen LogP contribution in [0.25, 0.3) is 22.6 Å². The van der Waals surface area contributed by atoms with Gasteiger partial charge in [-0.15, -0.1) is 0 Å². The van der Waals surface area contributed by atoms with Crippen molar-refractivity contribution in [2.45, 2.75) is 19.5 Å². The molecule has 4 rings (SSSR count). The van der Waals surface area contributed by atoms with Gasteiger partial charge in [0.2, 0.25) is 0 Å². The van der Waals surface area contributed by atoms with E-state index in [9.17, 15) is 0 Å². The van der Waals surface area contributed by atoms with E-state index in [-0.39, 0.29) is 0 Å². The summed E-state index contributed by atoms with van der Waals surface area (Å²) in [5.74, 6) is 1.71. The highest BCUT2D eigenvalue weighted by molar-refractivity contribution is 5.79. The summed E-state index contributed by atoms with van der Waals surface area (Å²) in [6.07, 6.45) is 10.6. The van der Waals surface area contributed by atoms with Gasteiger partial charge in [0.1, 0.15) is 0 Å². The fourth-order valence-electron chi connectivity index (χ4n) is 2.84. The Morgan fingerprint density at radius 2 is 1.82 bits per heavy atom. The first-order valence-electron chi connectivity index (χ1n) is 7.46. The molecule has 0 aliphatic heterocycles. The summed E-state index contributed by atoms with van der Waals surface area (Å²) in [4.78, 5) is 11.8. The summed E-state index contributed by atoms with van der Waals surface area (Å²) in [7, 11) is 0.